The van der Waals surface area contributed by atoms with Crippen molar-refractivity contribution in [3.05, 3.63) is 81.6 Å². The van der Waals surface area contributed by atoms with Gasteiger partial charge in [-0.05, 0) is 30.3 Å². The molecule has 0 unspecified atom stereocenters. The molecule has 6 heteroatoms. The van der Waals surface area contributed by atoms with Crippen molar-refractivity contribution >= 4 is 34.8 Å². The highest BCUT2D eigenvalue weighted by atomic mass is 35.5. The second kappa shape index (κ2) is 7.39. The fourth-order valence-corrected chi connectivity index (χ4v) is 3.07. The van der Waals surface area contributed by atoms with E-state index in [2.05, 4.69) is 4.98 Å². The highest BCUT2D eigenvalue weighted by molar-refractivity contribution is 7.13. The van der Waals surface area contributed by atoms with Crippen LogP contribution < -0.4 is 0 Å². The lowest BCUT2D eigenvalue weighted by Crippen LogP contribution is -2.04. The van der Waals surface area contributed by atoms with E-state index in [1.165, 1.54) is 35.6 Å². The molecule has 1 aromatic heterocycles. The minimum atomic E-state index is -0.665. The van der Waals surface area contributed by atoms with Crippen LogP contribution in [-0.2, 0) is 0 Å². The van der Waals surface area contributed by atoms with E-state index in [0.29, 0.717) is 10.7 Å². The van der Waals surface area contributed by atoms with Crippen LogP contribution in [0.2, 0.25) is 5.02 Å². The van der Waals surface area contributed by atoms with Crippen molar-refractivity contribution in [2.45, 2.75) is 0 Å². The molecule has 0 amide bonds. The van der Waals surface area contributed by atoms with Crippen molar-refractivity contribution in [2.24, 2.45) is 0 Å². The minimum absolute atomic E-state index is 0.136. The summed E-state index contributed by atoms with van der Waals surface area (Å²) in [4.78, 5) is 16.7. The number of carbonyl (C=O) groups excluding carboxylic acids is 1. The summed E-state index contributed by atoms with van der Waals surface area (Å²) >= 11 is 7.25. The zero-order valence-corrected chi connectivity index (χ0v) is 14.3. The molecular formula is C19H10ClFN2OS. The van der Waals surface area contributed by atoms with Crippen LogP contribution in [0.3, 0.4) is 0 Å². The number of Topliss-reactive ketones (excluding diaryl/α,β-unsaturated/α-hetero) is 1. The maximum Gasteiger partial charge on any atom is 0.206 e. The number of aromatic nitrogens is 1. The summed E-state index contributed by atoms with van der Waals surface area (Å²) in [5.74, 6) is -1.32. The SMILES string of the molecule is N#C/C(=C\c1csc(-c2ccc(Cl)cc2)n1)C(=O)c1ccccc1F. The van der Waals surface area contributed by atoms with Crippen molar-refractivity contribution in [3.8, 4) is 16.6 Å². The first-order valence-corrected chi connectivity index (χ1v) is 8.47. The number of halogens is 2. The van der Waals surface area contributed by atoms with Crippen LogP contribution in [0, 0.1) is 17.1 Å². The van der Waals surface area contributed by atoms with Crippen molar-refractivity contribution in [1.29, 1.82) is 5.26 Å². The monoisotopic (exact) mass is 368 g/mol. The minimum Gasteiger partial charge on any atom is -0.288 e. The van der Waals surface area contributed by atoms with Crippen LogP contribution in [0.4, 0.5) is 4.39 Å². The van der Waals surface area contributed by atoms with Gasteiger partial charge in [-0.15, -0.1) is 11.3 Å². The Kier molecular flexibility index (Phi) is 5.03. The van der Waals surface area contributed by atoms with Crippen molar-refractivity contribution < 1.29 is 9.18 Å². The van der Waals surface area contributed by atoms with Gasteiger partial charge in [0.2, 0.25) is 5.78 Å². The number of benzene rings is 2. The Labute approximate surface area is 152 Å². The first-order valence-electron chi connectivity index (χ1n) is 7.21. The first-order chi connectivity index (χ1) is 12.1. The van der Waals surface area contributed by atoms with E-state index in [0.717, 1.165) is 10.6 Å². The number of allylic oxidation sites excluding steroid dienone is 1. The van der Waals surface area contributed by atoms with Crippen LogP contribution >= 0.6 is 22.9 Å². The molecule has 0 aliphatic carbocycles. The zero-order valence-electron chi connectivity index (χ0n) is 12.7. The summed E-state index contributed by atoms with van der Waals surface area (Å²) in [5.41, 5.74) is 1.05. The fraction of sp³-hybridized carbons (Fsp3) is 0. The first kappa shape index (κ1) is 17.0. The topological polar surface area (TPSA) is 53.8 Å². The molecule has 0 fully saturated rings. The molecule has 122 valence electrons. The van der Waals surface area contributed by atoms with Gasteiger partial charge in [-0.1, -0.05) is 35.9 Å². The van der Waals surface area contributed by atoms with E-state index >= 15 is 0 Å². The highest BCUT2D eigenvalue weighted by Crippen LogP contribution is 2.26. The molecule has 3 rings (SSSR count). The Morgan fingerprint density at radius 1 is 1.20 bits per heavy atom. The van der Waals surface area contributed by atoms with E-state index < -0.39 is 11.6 Å². The lowest BCUT2D eigenvalue weighted by atomic mass is 10.0. The van der Waals surface area contributed by atoms with Gasteiger partial charge in [0.1, 0.15) is 22.5 Å². The van der Waals surface area contributed by atoms with Crippen molar-refractivity contribution in [2.75, 3.05) is 0 Å². The lowest BCUT2D eigenvalue weighted by Gasteiger charge is -2.00. The van der Waals surface area contributed by atoms with Gasteiger partial charge in [-0.2, -0.15) is 5.26 Å². The zero-order chi connectivity index (χ0) is 17.8. The Hall–Kier alpha value is -2.81. The third-order valence-electron chi connectivity index (χ3n) is 3.39. The average Bonchev–Trinajstić information content (AvgIpc) is 3.09. The summed E-state index contributed by atoms with van der Waals surface area (Å²) in [6.45, 7) is 0. The van der Waals surface area contributed by atoms with Crippen LogP contribution in [0.5, 0.6) is 0 Å². The number of hydrogen-bond donors (Lipinski definition) is 0. The van der Waals surface area contributed by atoms with E-state index in [4.69, 9.17) is 11.6 Å². The maximum absolute atomic E-state index is 13.8. The quantitative estimate of drug-likeness (QED) is 0.352. The van der Waals surface area contributed by atoms with Crippen LogP contribution in [-0.4, -0.2) is 10.8 Å². The molecule has 0 saturated carbocycles. The summed E-state index contributed by atoms with van der Waals surface area (Å²) in [5, 5.41) is 12.4. The highest BCUT2D eigenvalue weighted by Gasteiger charge is 2.16. The van der Waals surface area contributed by atoms with Crippen LogP contribution in [0.1, 0.15) is 16.1 Å². The molecule has 0 saturated heterocycles. The van der Waals surface area contributed by atoms with Crippen LogP contribution in [0.15, 0.2) is 59.5 Å². The number of carbonyl (C=O) groups is 1. The van der Waals surface area contributed by atoms with Gasteiger partial charge in [0.15, 0.2) is 0 Å². The predicted molar refractivity (Wildman–Crippen MR) is 96.9 cm³/mol. The van der Waals surface area contributed by atoms with Gasteiger partial charge in [0.05, 0.1) is 11.3 Å². The van der Waals surface area contributed by atoms with Gasteiger partial charge in [0, 0.05) is 16.0 Å². The summed E-state index contributed by atoms with van der Waals surface area (Å²) in [6.07, 6.45) is 1.37. The Bertz CT molecular complexity index is 1000. The number of thiazole rings is 1. The van der Waals surface area contributed by atoms with Crippen LogP contribution in [0.25, 0.3) is 16.6 Å². The lowest BCUT2D eigenvalue weighted by molar-refractivity contribution is 0.103. The van der Waals surface area contributed by atoms with Gasteiger partial charge in [-0.3, -0.25) is 4.79 Å². The standard InChI is InChI=1S/C19H10ClFN2OS/c20-14-7-5-12(6-8-14)19-23-15(11-25-19)9-13(10-22)18(24)16-3-1-2-4-17(16)21/h1-9,11H/b13-9+. The normalized spacial score (nSPS) is 11.2. The molecule has 2 aromatic carbocycles. The Morgan fingerprint density at radius 3 is 2.60 bits per heavy atom. The predicted octanol–water partition coefficient (Wildman–Crippen LogP) is 5.39. The number of ketones is 1. The molecule has 25 heavy (non-hydrogen) atoms. The van der Waals surface area contributed by atoms with Gasteiger partial charge in [0.25, 0.3) is 0 Å². The van der Waals surface area contributed by atoms with Gasteiger partial charge >= 0.3 is 0 Å². The third-order valence-corrected chi connectivity index (χ3v) is 4.55. The molecule has 0 aliphatic heterocycles. The van der Waals surface area contributed by atoms with E-state index in [9.17, 15) is 14.4 Å². The molecule has 0 N–H and O–H groups in total. The Morgan fingerprint density at radius 2 is 1.92 bits per heavy atom. The van der Waals surface area contributed by atoms with Gasteiger partial charge in [-0.25, -0.2) is 9.37 Å². The summed E-state index contributed by atoms with van der Waals surface area (Å²) in [6, 6.07) is 14.6. The van der Waals surface area contributed by atoms with Crippen molar-refractivity contribution in [3.63, 3.8) is 0 Å². The average molecular weight is 369 g/mol. The van der Waals surface area contributed by atoms with E-state index in [-0.39, 0.29) is 11.1 Å². The fourth-order valence-electron chi connectivity index (χ4n) is 2.16. The molecule has 0 aliphatic rings. The second-order valence-electron chi connectivity index (χ2n) is 5.06. The smallest absolute Gasteiger partial charge is 0.206 e. The maximum atomic E-state index is 13.8. The Balaban J connectivity index is 1.91. The van der Waals surface area contributed by atoms with E-state index in [1.807, 2.05) is 18.2 Å². The molecule has 0 radical (unpaired) electrons. The number of rotatable bonds is 4. The van der Waals surface area contributed by atoms with Crippen molar-refractivity contribution in [1.82, 2.24) is 4.98 Å². The number of nitrogens with zero attached hydrogens (tertiary/aromatic N) is 2. The van der Waals surface area contributed by atoms with E-state index in [1.54, 1.807) is 23.6 Å². The largest absolute Gasteiger partial charge is 0.288 e. The number of hydrogen-bond acceptors (Lipinski definition) is 4. The molecular weight excluding hydrogens is 359 g/mol. The summed E-state index contributed by atoms with van der Waals surface area (Å²) < 4.78 is 13.8. The van der Waals surface area contributed by atoms with Gasteiger partial charge < -0.3 is 0 Å². The number of nitriles is 1. The summed E-state index contributed by atoms with van der Waals surface area (Å²) in [7, 11) is 0. The molecule has 0 atom stereocenters. The molecule has 1 heterocycles. The third kappa shape index (κ3) is 3.82. The molecule has 3 nitrogen and oxygen atoms in total. The molecule has 3 aromatic rings. The second-order valence-corrected chi connectivity index (χ2v) is 6.36. The molecule has 0 bridgehead atoms. The molecule has 0 spiro atoms.